The van der Waals surface area contributed by atoms with Gasteiger partial charge in [0.1, 0.15) is 11.9 Å². The van der Waals surface area contributed by atoms with Crippen LogP contribution in [0.4, 0.5) is 0 Å². The van der Waals surface area contributed by atoms with E-state index in [1.54, 1.807) is 11.8 Å². The van der Waals surface area contributed by atoms with E-state index in [1.807, 2.05) is 0 Å². The van der Waals surface area contributed by atoms with Crippen LogP contribution in [0.3, 0.4) is 0 Å². The fraction of sp³-hybridized carbons (Fsp3) is 0.571. The summed E-state index contributed by atoms with van der Waals surface area (Å²) in [6.07, 6.45) is -0.421. The van der Waals surface area contributed by atoms with Crippen LogP contribution in [0.1, 0.15) is 23.3 Å². The number of aliphatic hydroxyl groups excluding tert-OH is 1. The van der Waals surface area contributed by atoms with Gasteiger partial charge in [-0.3, -0.25) is 0 Å². The summed E-state index contributed by atoms with van der Waals surface area (Å²) in [6.45, 7) is 0.407. The molecule has 0 bridgehead atoms. The Balaban J connectivity index is 2.37. The zero-order chi connectivity index (χ0) is 8.55. The van der Waals surface area contributed by atoms with Crippen molar-refractivity contribution in [3.63, 3.8) is 0 Å². The average molecular weight is 185 g/mol. The summed E-state index contributed by atoms with van der Waals surface area (Å²) in [7, 11) is 0. The van der Waals surface area contributed by atoms with E-state index >= 15 is 0 Å². The summed E-state index contributed by atoms with van der Waals surface area (Å²) >= 11 is 1.71. The van der Waals surface area contributed by atoms with Gasteiger partial charge in [-0.25, -0.2) is 4.98 Å². The largest absolute Gasteiger partial charge is 0.386 e. The van der Waals surface area contributed by atoms with Gasteiger partial charge in [0.2, 0.25) is 0 Å². The highest BCUT2D eigenvalue weighted by Crippen LogP contribution is 2.29. The van der Waals surface area contributed by atoms with E-state index in [0.717, 1.165) is 28.7 Å². The van der Waals surface area contributed by atoms with E-state index in [9.17, 15) is 5.11 Å². The maximum Gasteiger partial charge on any atom is 0.120 e. The molecule has 0 fully saturated rings. The topological polar surface area (TPSA) is 74.9 Å². The first-order valence-corrected chi connectivity index (χ1v) is 5.00. The number of H-pyrrole nitrogens is 1. The minimum atomic E-state index is -0.421. The minimum absolute atomic E-state index is 0.407. The summed E-state index contributed by atoms with van der Waals surface area (Å²) < 4.78 is 0. The van der Waals surface area contributed by atoms with Crippen LogP contribution < -0.4 is 5.73 Å². The first-order chi connectivity index (χ1) is 5.81. The second-order valence-electron chi connectivity index (χ2n) is 2.78. The number of nitrogens with one attached hydrogen (secondary N) is 1. The molecule has 1 unspecified atom stereocenters. The summed E-state index contributed by atoms with van der Waals surface area (Å²) in [5.41, 5.74) is 7.24. The molecule has 0 spiro atoms. The van der Waals surface area contributed by atoms with Gasteiger partial charge in [0, 0.05) is 11.5 Å². The van der Waals surface area contributed by atoms with E-state index in [2.05, 4.69) is 9.97 Å². The van der Waals surface area contributed by atoms with Crippen molar-refractivity contribution in [3.05, 3.63) is 17.2 Å². The molecule has 66 valence electrons. The number of fused-ring (bicyclic) bond motifs is 1. The zero-order valence-electron chi connectivity index (χ0n) is 6.58. The standard InChI is InChI=1S/C7H11N3OS/c8-1-6-9-4-2-12-3-5(11)7(4)10-6/h5,11H,1-3,8H2,(H,9,10). The van der Waals surface area contributed by atoms with Crippen molar-refractivity contribution in [2.75, 3.05) is 5.75 Å². The molecule has 0 saturated carbocycles. The number of aromatic nitrogens is 2. The molecule has 1 aromatic rings. The van der Waals surface area contributed by atoms with Crippen LogP contribution >= 0.6 is 11.8 Å². The van der Waals surface area contributed by atoms with Gasteiger partial charge < -0.3 is 15.8 Å². The maximum atomic E-state index is 9.53. The highest BCUT2D eigenvalue weighted by Gasteiger charge is 2.21. The third-order valence-electron chi connectivity index (χ3n) is 1.89. The highest BCUT2D eigenvalue weighted by atomic mass is 32.2. The second kappa shape index (κ2) is 3.08. The molecule has 0 aromatic carbocycles. The SMILES string of the molecule is NCc1nc2c([nH]1)CSCC2O. The quantitative estimate of drug-likeness (QED) is 0.582. The number of rotatable bonds is 1. The summed E-state index contributed by atoms with van der Waals surface area (Å²) in [6, 6.07) is 0. The molecule has 0 amide bonds. The highest BCUT2D eigenvalue weighted by molar-refractivity contribution is 7.98. The molecule has 4 N–H and O–H groups in total. The van der Waals surface area contributed by atoms with Gasteiger partial charge in [-0.2, -0.15) is 11.8 Å². The van der Waals surface area contributed by atoms with Gasteiger partial charge in [-0.1, -0.05) is 0 Å². The number of hydrogen-bond acceptors (Lipinski definition) is 4. The van der Waals surface area contributed by atoms with E-state index in [1.165, 1.54) is 0 Å². The normalized spacial score (nSPS) is 22.3. The number of nitrogens with zero attached hydrogens (tertiary/aromatic N) is 1. The lowest BCUT2D eigenvalue weighted by molar-refractivity contribution is 0.197. The number of imidazole rings is 1. The smallest absolute Gasteiger partial charge is 0.120 e. The monoisotopic (exact) mass is 185 g/mol. The lowest BCUT2D eigenvalue weighted by Crippen LogP contribution is -2.09. The van der Waals surface area contributed by atoms with E-state index in [0.29, 0.717) is 6.54 Å². The van der Waals surface area contributed by atoms with Crippen LogP contribution in [0.15, 0.2) is 0 Å². The van der Waals surface area contributed by atoms with Gasteiger partial charge in [-0.15, -0.1) is 0 Å². The average Bonchev–Trinajstić information content (AvgIpc) is 2.49. The van der Waals surface area contributed by atoms with Crippen molar-refractivity contribution in [1.82, 2.24) is 9.97 Å². The van der Waals surface area contributed by atoms with Crippen LogP contribution in [-0.2, 0) is 12.3 Å². The van der Waals surface area contributed by atoms with Crippen LogP contribution in [-0.4, -0.2) is 20.8 Å². The maximum absolute atomic E-state index is 9.53. The van der Waals surface area contributed by atoms with Crippen molar-refractivity contribution >= 4 is 11.8 Å². The number of hydrogen-bond donors (Lipinski definition) is 3. The number of nitrogens with two attached hydrogens (primary N) is 1. The fourth-order valence-corrected chi connectivity index (χ4v) is 2.24. The lowest BCUT2D eigenvalue weighted by Gasteiger charge is -2.14. The van der Waals surface area contributed by atoms with Crippen molar-refractivity contribution in [2.24, 2.45) is 5.73 Å². The third kappa shape index (κ3) is 1.24. The molecule has 1 aliphatic rings. The van der Waals surface area contributed by atoms with Crippen molar-refractivity contribution in [3.8, 4) is 0 Å². The Bertz CT molecular complexity index is 286. The second-order valence-corrected chi connectivity index (χ2v) is 3.81. The Hall–Kier alpha value is -0.520. The number of thioether (sulfide) groups is 1. The molecular formula is C7H11N3OS. The van der Waals surface area contributed by atoms with Gasteiger partial charge in [0.15, 0.2) is 0 Å². The number of aromatic amines is 1. The van der Waals surface area contributed by atoms with E-state index < -0.39 is 6.10 Å². The van der Waals surface area contributed by atoms with Crippen molar-refractivity contribution < 1.29 is 5.11 Å². The summed E-state index contributed by atoms with van der Waals surface area (Å²) in [5, 5.41) is 9.53. The summed E-state index contributed by atoms with van der Waals surface area (Å²) in [4.78, 5) is 7.30. The molecule has 0 aliphatic carbocycles. The number of aliphatic hydroxyl groups is 1. The Morgan fingerprint density at radius 2 is 2.58 bits per heavy atom. The van der Waals surface area contributed by atoms with E-state index in [4.69, 9.17) is 5.73 Å². The molecule has 1 aromatic heterocycles. The van der Waals surface area contributed by atoms with Crippen LogP contribution in [0.5, 0.6) is 0 Å². The molecule has 1 aliphatic heterocycles. The first-order valence-electron chi connectivity index (χ1n) is 3.85. The molecule has 5 heteroatoms. The Morgan fingerprint density at radius 3 is 3.25 bits per heavy atom. The van der Waals surface area contributed by atoms with E-state index in [-0.39, 0.29) is 0 Å². The Morgan fingerprint density at radius 1 is 1.75 bits per heavy atom. The summed E-state index contributed by atoms with van der Waals surface area (Å²) in [5.74, 6) is 2.41. The zero-order valence-corrected chi connectivity index (χ0v) is 7.40. The molecule has 2 rings (SSSR count). The minimum Gasteiger partial charge on any atom is -0.386 e. The van der Waals surface area contributed by atoms with Gasteiger partial charge in [-0.05, 0) is 0 Å². The Labute approximate surface area is 74.6 Å². The van der Waals surface area contributed by atoms with Crippen molar-refractivity contribution in [1.29, 1.82) is 0 Å². The van der Waals surface area contributed by atoms with Gasteiger partial charge in [0.25, 0.3) is 0 Å². The van der Waals surface area contributed by atoms with Crippen LogP contribution in [0, 0.1) is 0 Å². The Kier molecular flexibility index (Phi) is 2.08. The molecule has 12 heavy (non-hydrogen) atoms. The molecule has 0 saturated heterocycles. The molecule has 2 heterocycles. The van der Waals surface area contributed by atoms with Crippen LogP contribution in [0.25, 0.3) is 0 Å². The molecule has 1 atom stereocenters. The predicted octanol–water partition coefficient (Wildman–Crippen LogP) is 0.149. The molecule has 4 nitrogen and oxygen atoms in total. The fourth-order valence-electron chi connectivity index (χ4n) is 1.31. The van der Waals surface area contributed by atoms with Crippen LogP contribution in [0.2, 0.25) is 0 Å². The molecular weight excluding hydrogens is 174 g/mol. The van der Waals surface area contributed by atoms with Gasteiger partial charge >= 0.3 is 0 Å². The molecule has 0 radical (unpaired) electrons. The predicted molar refractivity (Wildman–Crippen MR) is 47.6 cm³/mol. The first kappa shape index (κ1) is 8.10. The van der Waals surface area contributed by atoms with Crippen molar-refractivity contribution in [2.45, 2.75) is 18.4 Å². The lowest BCUT2D eigenvalue weighted by atomic mass is 10.2. The van der Waals surface area contributed by atoms with Gasteiger partial charge in [0.05, 0.1) is 17.9 Å². The third-order valence-corrected chi connectivity index (χ3v) is 2.94.